The Balaban J connectivity index is 1.67. The first kappa shape index (κ1) is 23.2. The Morgan fingerprint density at radius 1 is 0.853 bits per heavy atom. The molecule has 0 radical (unpaired) electrons. The smallest absolute Gasteiger partial charge is 0.267 e. The number of rotatable bonds is 7. The van der Waals surface area contributed by atoms with E-state index in [4.69, 9.17) is 0 Å². The molecule has 0 saturated carbocycles. The number of nitrogens with zero attached hydrogens (tertiary/aromatic N) is 1. The second kappa shape index (κ2) is 9.87. The van der Waals surface area contributed by atoms with E-state index >= 15 is 0 Å². The van der Waals surface area contributed by atoms with E-state index in [1.165, 1.54) is 36.4 Å². The second-order valence-electron chi connectivity index (χ2n) is 8.58. The number of halogens is 2. The molecule has 5 nitrogen and oxygen atoms in total. The summed E-state index contributed by atoms with van der Waals surface area (Å²) in [5, 5.41) is 6.53. The van der Waals surface area contributed by atoms with Crippen molar-refractivity contribution in [3.63, 3.8) is 0 Å². The van der Waals surface area contributed by atoms with E-state index in [0.717, 1.165) is 16.5 Å². The Morgan fingerprint density at radius 2 is 1.50 bits per heavy atom. The molecule has 2 N–H and O–H groups in total. The number of hydrogen-bond donors (Lipinski definition) is 2. The molecule has 1 heterocycles. The third-order valence-electron chi connectivity index (χ3n) is 5.42. The number of aromatic nitrogens is 1. The molecular weight excluding hydrogens is 436 g/mol. The van der Waals surface area contributed by atoms with Gasteiger partial charge in [0.05, 0.1) is 0 Å². The van der Waals surface area contributed by atoms with Crippen molar-refractivity contribution in [3.8, 4) is 0 Å². The summed E-state index contributed by atoms with van der Waals surface area (Å²) in [5.41, 5.74) is 3.02. The van der Waals surface area contributed by atoms with Crippen LogP contribution in [0.4, 0.5) is 14.5 Å². The molecule has 7 heteroatoms. The van der Waals surface area contributed by atoms with E-state index in [2.05, 4.69) is 10.6 Å². The zero-order valence-electron chi connectivity index (χ0n) is 18.9. The summed E-state index contributed by atoms with van der Waals surface area (Å²) >= 11 is 0. The maximum atomic E-state index is 13.4. The summed E-state index contributed by atoms with van der Waals surface area (Å²) in [6, 6.07) is 18.6. The van der Waals surface area contributed by atoms with Crippen LogP contribution in [0.3, 0.4) is 0 Å². The standard InChI is InChI=1S/C27H25F2N3O2/c1-17(2)15-30-27(34)25-14-20-13-23(31-26(33)19-5-9-22(29)10-6-19)11-12-24(20)32(25)16-18-3-7-21(28)8-4-18/h3-14,17H,15-16H2,1-2H3,(H,30,34)(H,31,33). The fourth-order valence-electron chi connectivity index (χ4n) is 3.67. The molecular formula is C27H25F2N3O2. The number of benzene rings is 3. The first-order valence-corrected chi connectivity index (χ1v) is 11.0. The average molecular weight is 462 g/mol. The molecule has 0 aliphatic heterocycles. The molecule has 0 bridgehead atoms. The summed E-state index contributed by atoms with van der Waals surface area (Å²) in [7, 11) is 0. The van der Waals surface area contributed by atoms with Gasteiger partial charge in [0.15, 0.2) is 0 Å². The lowest BCUT2D eigenvalue weighted by molar-refractivity contribution is 0.0940. The Labute approximate surface area is 196 Å². The van der Waals surface area contributed by atoms with Crippen LogP contribution in [0.25, 0.3) is 10.9 Å². The quantitative estimate of drug-likeness (QED) is 0.376. The van der Waals surface area contributed by atoms with Gasteiger partial charge in [-0.05, 0) is 72.1 Å². The van der Waals surface area contributed by atoms with Gasteiger partial charge < -0.3 is 15.2 Å². The normalized spacial score (nSPS) is 11.1. The van der Waals surface area contributed by atoms with Crippen LogP contribution < -0.4 is 10.6 Å². The van der Waals surface area contributed by atoms with Crippen molar-refractivity contribution in [2.75, 3.05) is 11.9 Å². The number of fused-ring (bicyclic) bond motifs is 1. The van der Waals surface area contributed by atoms with Gasteiger partial charge in [0, 0.05) is 35.2 Å². The summed E-state index contributed by atoms with van der Waals surface area (Å²) in [5.74, 6) is -1.00. The Bertz CT molecular complexity index is 1330. The maximum Gasteiger partial charge on any atom is 0.267 e. The molecule has 3 aromatic carbocycles. The van der Waals surface area contributed by atoms with Gasteiger partial charge in [-0.25, -0.2) is 8.78 Å². The van der Waals surface area contributed by atoms with E-state index < -0.39 is 5.82 Å². The minimum absolute atomic E-state index is 0.205. The van der Waals surface area contributed by atoms with E-state index in [1.807, 2.05) is 24.5 Å². The van der Waals surface area contributed by atoms with Gasteiger partial charge in [-0.1, -0.05) is 26.0 Å². The lowest BCUT2D eigenvalue weighted by atomic mass is 10.2. The van der Waals surface area contributed by atoms with Gasteiger partial charge >= 0.3 is 0 Å². The van der Waals surface area contributed by atoms with Crippen molar-refractivity contribution < 1.29 is 18.4 Å². The average Bonchev–Trinajstić information content (AvgIpc) is 3.17. The monoisotopic (exact) mass is 461 g/mol. The summed E-state index contributed by atoms with van der Waals surface area (Å²) < 4.78 is 28.4. The molecule has 4 aromatic rings. The molecule has 0 atom stereocenters. The molecule has 1 aromatic heterocycles. The highest BCUT2D eigenvalue weighted by Gasteiger charge is 2.17. The molecule has 0 unspecified atom stereocenters. The van der Waals surface area contributed by atoms with Crippen LogP contribution in [-0.4, -0.2) is 22.9 Å². The van der Waals surface area contributed by atoms with E-state index in [9.17, 15) is 18.4 Å². The largest absolute Gasteiger partial charge is 0.351 e. The Morgan fingerprint density at radius 3 is 2.15 bits per heavy atom. The number of anilines is 1. The Hall–Kier alpha value is -4.00. The minimum Gasteiger partial charge on any atom is -0.351 e. The van der Waals surface area contributed by atoms with Crippen LogP contribution in [0.1, 0.15) is 40.3 Å². The summed E-state index contributed by atoms with van der Waals surface area (Å²) in [6.07, 6.45) is 0. The van der Waals surface area contributed by atoms with Crippen LogP contribution in [0.15, 0.2) is 72.8 Å². The summed E-state index contributed by atoms with van der Waals surface area (Å²) in [6.45, 7) is 4.96. The molecule has 174 valence electrons. The number of carbonyl (C=O) groups excluding carboxylic acids is 2. The van der Waals surface area contributed by atoms with E-state index in [1.54, 1.807) is 30.3 Å². The van der Waals surface area contributed by atoms with Crippen molar-refractivity contribution in [2.45, 2.75) is 20.4 Å². The first-order chi connectivity index (χ1) is 16.3. The fraction of sp³-hybridized carbons (Fsp3) is 0.185. The van der Waals surface area contributed by atoms with Gasteiger partial charge in [0.2, 0.25) is 0 Å². The van der Waals surface area contributed by atoms with Crippen LogP contribution in [-0.2, 0) is 6.54 Å². The number of nitrogens with one attached hydrogen (secondary N) is 2. The molecule has 0 spiro atoms. The number of amides is 2. The van der Waals surface area contributed by atoms with E-state index in [-0.39, 0.29) is 17.6 Å². The Kier molecular flexibility index (Phi) is 6.72. The van der Waals surface area contributed by atoms with Crippen LogP contribution in [0.5, 0.6) is 0 Å². The second-order valence-corrected chi connectivity index (χ2v) is 8.58. The zero-order chi connectivity index (χ0) is 24.2. The SMILES string of the molecule is CC(C)CNC(=O)c1cc2cc(NC(=O)c3ccc(F)cc3)ccc2n1Cc1ccc(F)cc1. The lowest BCUT2D eigenvalue weighted by Gasteiger charge is -2.13. The van der Waals surface area contributed by atoms with Gasteiger partial charge in [0.25, 0.3) is 11.8 Å². The molecule has 0 aliphatic carbocycles. The predicted molar refractivity (Wildman–Crippen MR) is 129 cm³/mol. The van der Waals surface area contributed by atoms with Crippen molar-refractivity contribution in [1.29, 1.82) is 0 Å². The van der Waals surface area contributed by atoms with E-state index in [0.29, 0.717) is 36.0 Å². The van der Waals surface area contributed by atoms with Crippen LogP contribution in [0.2, 0.25) is 0 Å². The molecule has 0 saturated heterocycles. The van der Waals surface area contributed by atoms with Gasteiger partial charge in [0.1, 0.15) is 17.3 Å². The molecule has 0 fully saturated rings. The maximum absolute atomic E-state index is 13.4. The molecule has 34 heavy (non-hydrogen) atoms. The number of carbonyl (C=O) groups is 2. The molecule has 4 rings (SSSR count). The highest BCUT2D eigenvalue weighted by molar-refractivity contribution is 6.06. The van der Waals surface area contributed by atoms with Crippen molar-refractivity contribution >= 4 is 28.4 Å². The van der Waals surface area contributed by atoms with Crippen molar-refractivity contribution in [3.05, 3.63) is 101 Å². The van der Waals surface area contributed by atoms with Crippen LogP contribution in [0, 0.1) is 17.6 Å². The van der Waals surface area contributed by atoms with Gasteiger partial charge in [-0.3, -0.25) is 9.59 Å². The minimum atomic E-state index is -0.413. The lowest BCUT2D eigenvalue weighted by Crippen LogP contribution is -2.29. The highest BCUT2D eigenvalue weighted by Crippen LogP contribution is 2.25. The summed E-state index contributed by atoms with van der Waals surface area (Å²) in [4.78, 5) is 25.5. The third kappa shape index (κ3) is 5.31. The topological polar surface area (TPSA) is 63.1 Å². The first-order valence-electron chi connectivity index (χ1n) is 11.0. The third-order valence-corrected chi connectivity index (χ3v) is 5.42. The van der Waals surface area contributed by atoms with Crippen LogP contribution >= 0.6 is 0 Å². The predicted octanol–water partition coefficient (Wildman–Crippen LogP) is 5.61. The molecule has 0 aliphatic rings. The van der Waals surface area contributed by atoms with Gasteiger partial charge in [-0.15, -0.1) is 0 Å². The number of hydrogen-bond acceptors (Lipinski definition) is 2. The zero-order valence-corrected chi connectivity index (χ0v) is 18.9. The highest BCUT2D eigenvalue weighted by atomic mass is 19.1. The fourth-order valence-corrected chi connectivity index (χ4v) is 3.67. The molecule has 2 amide bonds. The van der Waals surface area contributed by atoms with Crippen molar-refractivity contribution in [1.82, 2.24) is 9.88 Å². The van der Waals surface area contributed by atoms with Gasteiger partial charge in [-0.2, -0.15) is 0 Å². The van der Waals surface area contributed by atoms with Crippen molar-refractivity contribution in [2.24, 2.45) is 5.92 Å².